The molecule has 0 unspecified atom stereocenters. The lowest BCUT2D eigenvalue weighted by molar-refractivity contribution is -0.116. The van der Waals surface area contributed by atoms with Gasteiger partial charge in [0, 0.05) is 22.8 Å². The van der Waals surface area contributed by atoms with Crippen LogP contribution in [-0.2, 0) is 4.79 Å². The molecule has 0 aliphatic carbocycles. The normalized spacial score (nSPS) is 15.0. The van der Waals surface area contributed by atoms with Gasteiger partial charge in [-0.3, -0.25) is 4.79 Å². The molecule has 0 spiro atoms. The first kappa shape index (κ1) is 21.6. The van der Waals surface area contributed by atoms with E-state index in [9.17, 15) is 19.1 Å². The maximum atomic E-state index is 13.9. The van der Waals surface area contributed by atoms with Crippen molar-refractivity contribution in [2.75, 3.05) is 26.6 Å². The van der Waals surface area contributed by atoms with E-state index in [0.717, 1.165) is 11.3 Å². The molecule has 7 nitrogen and oxygen atoms in total. The van der Waals surface area contributed by atoms with E-state index < -0.39 is 17.7 Å². The highest BCUT2D eigenvalue weighted by molar-refractivity contribution is 7.15. The molecule has 166 valence electrons. The number of carboxylic acids is 1. The number of thiophene rings is 1. The summed E-state index contributed by atoms with van der Waals surface area (Å²) in [5, 5.41) is 12.6. The van der Waals surface area contributed by atoms with E-state index in [-0.39, 0.29) is 17.2 Å². The number of amides is 1. The van der Waals surface area contributed by atoms with Gasteiger partial charge in [-0.2, -0.15) is 0 Å². The lowest BCUT2D eigenvalue weighted by Crippen LogP contribution is -2.22. The van der Waals surface area contributed by atoms with Gasteiger partial charge in [-0.05, 0) is 35.4 Å². The topological polar surface area (TPSA) is 94.1 Å². The van der Waals surface area contributed by atoms with Gasteiger partial charge < -0.3 is 24.6 Å². The van der Waals surface area contributed by atoms with Crippen LogP contribution in [0.25, 0.3) is 11.1 Å². The van der Waals surface area contributed by atoms with Gasteiger partial charge >= 0.3 is 5.97 Å². The molecule has 1 aliphatic rings. The number of methoxy groups -OCH3 is 3. The maximum absolute atomic E-state index is 13.9. The minimum absolute atomic E-state index is 0.0280. The highest BCUT2D eigenvalue weighted by atomic mass is 32.1. The van der Waals surface area contributed by atoms with Gasteiger partial charge in [-0.25, -0.2) is 9.18 Å². The number of benzene rings is 2. The molecule has 1 atom stereocenters. The first-order chi connectivity index (χ1) is 15.4. The van der Waals surface area contributed by atoms with Crippen LogP contribution in [0.15, 0.2) is 36.4 Å². The Morgan fingerprint density at radius 2 is 1.81 bits per heavy atom. The summed E-state index contributed by atoms with van der Waals surface area (Å²) in [6, 6.07) is 9.14. The molecule has 0 bridgehead atoms. The molecule has 0 saturated carbocycles. The minimum Gasteiger partial charge on any atom is -0.493 e. The number of carboxylic acid groups (broad SMARTS) is 1. The number of carbonyl (C=O) groups is 2. The van der Waals surface area contributed by atoms with E-state index in [0.29, 0.717) is 44.5 Å². The first-order valence-corrected chi connectivity index (χ1v) is 10.4. The molecule has 2 aromatic carbocycles. The van der Waals surface area contributed by atoms with Crippen molar-refractivity contribution < 1.29 is 33.3 Å². The number of ether oxygens (including phenoxy) is 3. The number of nitrogens with one attached hydrogen (secondary N) is 1. The monoisotopic (exact) mass is 457 g/mol. The Labute approximate surface area is 187 Å². The molecular weight excluding hydrogens is 437 g/mol. The highest BCUT2D eigenvalue weighted by Crippen LogP contribution is 2.51. The van der Waals surface area contributed by atoms with Crippen LogP contribution in [0.4, 0.5) is 10.1 Å². The Hall–Kier alpha value is -3.59. The van der Waals surface area contributed by atoms with E-state index in [2.05, 4.69) is 5.32 Å². The Kier molecular flexibility index (Phi) is 5.75. The van der Waals surface area contributed by atoms with Gasteiger partial charge in [-0.15, -0.1) is 11.3 Å². The molecule has 4 rings (SSSR count). The second-order valence-corrected chi connectivity index (χ2v) is 8.18. The number of carbonyl (C=O) groups excluding carboxylic acids is 1. The van der Waals surface area contributed by atoms with Crippen LogP contribution >= 0.6 is 11.3 Å². The molecular formula is C23H20FNO6S. The fourth-order valence-corrected chi connectivity index (χ4v) is 5.17. The molecule has 32 heavy (non-hydrogen) atoms. The Balaban J connectivity index is 1.94. The summed E-state index contributed by atoms with van der Waals surface area (Å²) in [6.45, 7) is 0. The van der Waals surface area contributed by atoms with Crippen molar-refractivity contribution in [3.8, 4) is 28.4 Å². The summed E-state index contributed by atoms with van der Waals surface area (Å²) in [6.07, 6.45) is 0.105. The van der Waals surface area contributed by atoms with E-state index in [1.165, 1.54) is 39.5 Å². The van der Waals surface area contributed by atoms with Gasteiger partial charge in [0.1, 0.15) is 10.7 Å². The van der Waals surface area contributed by atoms with Gasteiger partial charge in [0.05, 0.1) is 27.0 Å². The van der Waals surface area contributed by atoms with Crippen molar-refractivity contribution in [1.29, 1.82) is 0 Å². The summed E-state index contributed by atoms with van der Waals surface area (Å²) in [4.78, 5) is 25.4. The minimum atomic E-state index is -1.15. The highest BCUT2D eigenvalue weighted by Gasteiger charge is 2.35. The Morgan fingerprint density at radius 1 is 1.12 bits per heavy atom. The third-order valence-electron chi connectivity index (χ3n) is 5.30. The molecule has 9 heteroatoms. The summed E-state index contributed by atoms with van der Waals surface area (Å²) in [7, 11) is 4.49. The average molecular weight is 457 g/mol. The Bertz CT molecular complexity index is 1200. The quantitative estimate of drug-likeness (QED) is 0.555. The summed E-state index contributed by atoms with van der Waals surface area (Å²) < 4.78 is 30.2. The zero-order valence-corrected chi connectivity index (χ0v) is 18.3. The molecule has 1 aliphatic heterocycles. The second-order valence-electron chi connectivity index (χ2n) is 7.12. The van der Waals surface area contributed by atoms with Crippen molar-refractivity contribution in [3.05, 3.63) is 57.5 Å². The number of aromatic carboxylic acids is 1. The van der Waals surface area contributed by atoms with Gasteiger partial charge in [0.15, 0.2) is 11.5 Å². The summed E-state index contributed by atoms with van der Waals surface area (Å²) >= 11 is 1.06. The first-order valence-electron chi connectivity index (χ1n) is 9.63. The average Bonchev–Trinajstić information content (AvgIpc) is 3.17. The fourth-order valence-electron chi connectivity index (χ4n) is 3.93. The standard InChI is InChI=1S/C23H20FNO6S/c1-29-15-8-12(9-16(30-2)20(15)31-3)14-10-17(26)25-19-18(11-5-4-6-13(24)7-11)22(23(27)28)32-21(14)19/h4-9,14H,10H2,1-3H3,(H,25,26)(H,27,28)/t14-/m1/s1. The largest absolute Gasteiger partial charge is 0.493 e. The van der Waals surface area contributed by atoms with Crippen molar-refractivity contribution >= 4 is 28.9 Å². The number of rotatable bonds is 6. The second kappa shape index (κ2) is 8.51. The van der Waals surface area contributed by atoms with Crippen LogP contribution in [0.3, 0.4) is 0 Å². The van der Waals surface area contributed by atoms with Crippen LogP contribution < -0.4 is 19.5 Å². The van der Waals surface area contributed by atoms with Crippen LogP contribution in [0, 0.1) is 5.82 Å². The van der Waals surface area contributed by atoms with Crippen molar-refractivity contribution in [3.63, 3.8) is 0 Å². The van der Waals surface area contributed by atoms with E-state index in [1.807, 2.05) is 0 Å². The maximum Gasteiger partial charge on any atom is 0.346 e. The lowest BCUT2D eigenvalue weighted by Gasteiger charge is -2.25. The van der Waals surface area contributed by atoms with Gasteiger partial charge in [-0.1, -0.05) is 12.1 Å². The summed E-state index contributed by atoms with van der Waals surface area (Å²) in [5.41, 5.74) is 1.76. The van der Waals surface area contributed by atoms with Gasteiger partial charge in [0.2, 0.25) is 11.7 Å². The lowest BCUT2D eigenvalue weighted by atomic mass is 9.88. The van der Waals surface area contributed by atoms with Crippen LogP contribution in [-0.4, -0.2) is 38.3 Å². The summed E-state index contributed by atoms with van der Waals surface area (Å²) in [5.74, 6) is -1.10. The van der Waals surface area contributed by atoms with Crippen molar-refractivity contribution in [2.24, 2.45) is 0 Å². The fraction of sp³-hybridized carbons (Fsp3) is 0.217. The number of anilines is 1. The molecule has 2 heterocycles. The third-order valence-corrected chi connectivity index (χ3v) is 6.59. The molecule has 2 N–H and O–H groups in total. The molecule has 0 fully saturated rings. The number of halogens is 1. The Morgan fingerprint density at radius 3 is 2.38 bits per heavy atom. The van der Waals surface area contributed by atoms with Crippen molar-refractivity contribution in [1.82, 2.24) is 0 Å². The van der Waals surface area contributed by atoms with Gasteiger partial charge in [0.25, 0.3) is 0 Å². The zero-order valence-electron chi connectivity index (χ0n) is 17.5. The molecule has 3 aromatic rings. The molecule has 1 amide bonds. The number of hydrogen-bond donors (Lipinski definition) is 2. The molecule has 1 aromatic heterocycles. The zero-order chi connectivity index (χ0) is 23.0. The van der Waals surface area contributed by atoms with Crippen LogP contribution in [0.2, 0.25) is 0 Å². The van der Waals surface area contributed by atoms with Crippen molar-refractivity contribution in [2.45, 2.75) is 12.3 Å². The third kappa shape index (κ3) is 3.64. The predicted molar refractivity (Wildman–Crippen MR) is 118 cm³/mol. The SMILES string of the molecule is COc1cc([C@H]2CC(=O)Nc3c2sc(C(=O)O)c3-c2cccc(F)c2)cc(OC)c1OC. The van der Waals surface area contributed by atoms with Crippen LogP contribution in [0.1, 0.15) is 32.5 Å². The molecule has 0 radical (unpaired) electrons. The van der Waals surface area contributed by atoms with E-state index >= 15 is 0 Å². The van der Waals surface area contributed by atoms with E-state index in [1.54, 1.807) is 18.2 Å². The predicted octanol–water partition coefficient (Wildman–Crippen LogP) is 4.75. The van der Waals surface area contributed by atoms with Crippen LogP contribution in [0.5, 0.6) is 17.2 Å². The molecule has 0 saturated heterocycles. The number of hydrogen-bond acceptors (Lipinski definition) is 6. The smallest absolute Gasteiger partial charge is 0.346 e. The van der Waals surface area contributed by atoms with E-state index in [4.69, 9.17) is 14.2 Å². The number of fused-ring (bicyclic) bond motifs is 1.